The molecule has 0 atom stereocenters. The minimum atomic E-state index is -3.44. The summed E-state index contributed by atoms with van der Waals surface area (Å²) < 4.78 is 10.8. The highest BCUT2D eigenvalue weighted by Gasteiger charge is 2.33. The molecule has 0 aliphatic heterocycles. The Morgan fingerprint density at radius 3 is 2.10 bits per heavy atom. The van der Waals surface area contributed by atoms with Crippen molar-refractivity contribution in [3.63, 3.8) is 0 Å². The molecule has 0 unspecified atom stereocenters. The fourth-order valence-corrected chi connectivity index (χ4v) is 4.20. The van der Waals surface area contributed by atoms with E-state index in [1.165, 1.54) is 19.3 Å². The molecular formula is C13H26N2O3PS-. The normalized spacial score (nSPS) is 18.9. The van der Waals surface area contributed by atoms with Gasteiger partial charge in [0.1, 0.15) is 12.2 Å². The first kappa shape index (κ1) is 18.1. The summed E-state index contributed by atoms with van der Waals surface area (Å²) in [5, 5.41) is 2.90. The van der Waals surface area contributed by atoms with Crippen LogP contribution in [0.3, 0.4) is 0 Å². The maximum Gasteiger partial charge on any atom is 0.335 e. The summed E-state index contributed by atoms with van der Waals surface area (Å²) in [5.74, 6) is 0. The number of nitrogens with one attached hydrogen (secondary N) is 1. The fourth-order valence-electron chi connectivity index (χ4n) is 2.15. The summed E-state index contributed by atoms with van der Waals surface area (Å²) in [5.41, 5.74) is 0. The zero-order valence-electron chi connectivity index (χ0n) is 12.8. The van der Waals surface area contributed by atoms with Crippen molar-refractivity contribution in [2.45, 2.75) is 78.0 Å². The number of hydrogen-bond donors (Lipinski definition) is 1. The van der Waals surface area contributed by atoms with Crippen LogP contribution in [0.4, 0.5) is 0 Å². The molecule has 0 aromatic heterocycles. The monoisotopic (exact) mass is 321 g/mol. The quantitative estimate of drug-likeness (QED) is 0.353. The van der Waals surface area contributed by atoms with Gasteiger partial charge in [0.25, 0.3) is 0 Å². The molecule has 0 bridgehead atoms. The standard InChI is InChI=1S/C13H27N2O3PS/c1-10(2)17-19(16,18-11(3)4)15-13(20)14-12-8-6-5-7-9-12/h10-12H,5-9H2,1-4H3,(H2,14,15,16,20)/p-1. The highest BCUT2D eigenvalue weighted by atomic mass is 32.1. The van der Waals surface area contributed by atoms with Crippen molar-refractivity contribution in [1.82, 2.24) is 5.09 Å². The molecule has 5 nitrogen and oxygen atoms in total. The van der Waals surface area contributed by atoms with E-state index in [4.69, 9.17) is 21.7 Å². The first-order valence-corrected chi connectivity index (χ1v) is 9.26. The third-order valence-electron chi connectivity index (χ3n) is 2.81. The fraction of sp³-hybridized carbons (Fsp3) is 0.923. The lowest BCUT2D eigenvalue weighted by molar-refractivity contribution is -0.227. The van der Waals surface area contributed by atoms with Crippen molar-refractivity contribution < 1.29 is 13.9 Å². The van der Waals surface area contributed by atoms with Gasteiger partial charge in [0, 0.05) is 11.2 Å². The zero-order valence-corrected chi connectivity index (χ0v) is 14.5. The minimum Gasteiger partial charge on any atom is -0.740 e. The van der Waals surface area contributed by atoms with Gasteiger partial charge in [-0.15, -0.1) is 0 Å². The van der Waals surface area contributed by atoms with Crippen molar-refractivity contribution in [1.29, 1.82) is 0 Å². The van der Waals surface area contributed by atoms with Gasteiger partial charge in [-0.05, 0) is 40.5 Å². The highest BCUT2D eigenvalue weighted by Crippen LogP contribution is 2.50. The molecule has 0 aromatic rings. The molecule has 0 amide bonds. The molecule has 118 valence electrons. The molecule has 1 aliphatic carbocycles. The molecule has 0 saturated heterocycles. The van der Waals surface area contributed by atoms with Gasteiger partial charge in [-0.25, -0.2) is 5.09 Å². The van der Waals surface area contributed by atoms with Gasteiger partial charge in [-0.2, -0.15) is 9.05 Å². The van der Waals surface area contributed by atoms with Crippen LogP contribution < -0.4 is 9.98 Å². The third-order valence-corrected chi connectivity index (χ3v) is 5.05. The van der Waals surface area contributed by atoms with Crippen LogP contribution >= 0.6 is 8.09 Å². The molecule has 1 aliphatic rings. The lowest BCUT2D eigenvalue weighted by Gasteiger charge is -2.33. The molecule has 0 aromatic carbocycles. The smallest absolute Gasteiger partial charge is 0.335 e. The summed E-state index contributed by atoms with van der Waals surface area (Å²) in [4.78, 5) is 17.0. The Balaban J connectivity index is 2.64. The maximum atomic E-state index is 12.6. The van der Waals surface area contributed by atoms with E-state index in [0.717, 1.165) is 12.8 Å². The predicted molar refractivity (Wildman–Crippen MR) is 84.2 cm³/mol. The Morgan fingerprint density at radius 2 is 1.65 bits per heavy atom. The Morgan fingerprint density at radius 1 is 1.15 bits per heavy atom. The summed E-state index contributed by atoms with van der Waals surface area (Å²) >= 11 is 5.18. The molecular weight excluding hydrogens is 295 g/mol. The maximum absolute atomic E-state index is 12.6. The summed E-state index contributed by atoms with van der Waals surface area (Å²) in [6.07, 6.45) is 5.27. The van der Waals surface area contributed by atoms with Crippen molar-refractivity contribution >= 4 is 25.9 Å². The summed E-state index contributed by atoms with van der Waals surface area (Å²) in [6, 6.07) is 0.232. The van der Waals surface area contributed by atoms with E-state index >= 15 is 0 Å². The van der Waals surface area contributed by atoms with Crippen LogP contribution in [-0.4, -0.2) is 23.4 Å². The molecule has 0 radical (unpaired) electrons. The van der Waals surface area contributed by atoms with E-state index in [9.17, 15) is 4.89 Å². The second-order valence-corrected chi connectivity index (χ2v) is 7.67. The Labute approximate surface area is 128 Å². The van der Waals surface area contributed by atoms with Crippen molar-refractivity contribution in [2.24, 2.45) is 4.99 Å². The summed E-state index contributed by atoms with van der Waals surface area (Å²) in [7, 11) is -3.44. The predicted octanol–water partition coefficient (Wildman–Crippen LogP) is 2.70. The van der Waals surface area contributed by atoms with Crippen LogP contribution in [0.25, 0.3) is 0 Å². The number of rotatable bonds is 6. The lowest BCUT2D eigenvalue weighted by Crippen LogP contribution is -2.36. The number of nitrogens with zero attached hydrogens (tertiary/aromatic N) is 1. The molecule has 7 heteroatoms. The Kier molecular flexibility index (Phi) is 7.62. The number of amidine groups is 1. The van der Waals surface area contributed by atoms with Gasteiger partial charge in [-0.1, -0.05) is 19.3 Å². The average Bonchev–Trinajstić information content (AvgIpc) is 2.26. The van der Waals surface area contributed by atoms with E-state index in [0.29, 0.717) is 0 Å². The minimum absolute atomic E-state index is 0.218. The molecule has 0 spiro atoms. The van der Waals surface area contributed by atoms with Crippen LogP contribution in [0.1, 0.15) is 59.8 Å². The van der Waals surface area contributed by atoms with Gasteiger partial charge in [0.05, 0.1) is 0 Å². The number of aliphatic imine (C=N–C) groups is 1. The summed E-state index contributed by atoms with van der Waals surface area (Å²) in [6.45, 7) is 7.22. The Bertz CT molecular complexity index is 311. The van der Waals surface area contributed by atoms with Gasteiger partial charge in [0.15, 0.2) is 0 Å². The number of hydrogen-bond acceptors (Lipinski definition) is 5. The van der Waals surface area contributed by atoms with Crippen molar-refractivity contribution in [3.05, 3.63) is 0 Å². The van der Waals surface area contributed by atoms with E-state index in [2.05, 4.69) is 10.1 Å². The Hall–Kier alpha value is 0.00000000000000000694. The van der Waals surface area contributed by atoms with Gasteiger partial charge < -0.3 is 17.5 Å². The molecule has 20 heavy (non-hydrogen) atoms. The lowest BCUT2D eigenvalue weighted by atomic mass is 9.96. The molecule has 1 rings (SSSR count). The van der Waals surface area contributed by atoms with Crippen LogP contribution in [0.15, 0.2) is 4.99 Å². The van der Waals surface area contributed by atoms with Crippen molar-refractivity contribution in [3.8, 4) is 0 Å². The second kappa shape index (κ2) is 8.44. The zero-order chi connectivity index (χ0) is 15.2. The average molecular weight is 321 g/mol. The topological polar surface area (TPSA) is 65.9 Å². The molecule has 0 heterocycles. The van der Waals surface area contributed by atoms with E-state index in [1.54, 1.807) is 27.7 Å². The van der Waals surface area contributed by atoms with Gasteiger partial charge in [-0.3, -0.25) is 4.99 Å². The molecule has 1 saturated carbocycles. The van der Waals surface area contributed by atoms with E-state index in [1.807, 2.05) is 0 Å². The van der Waals surface area contributed by atoms with Crippen LogP contribution in [-0.2, 0) is 21.7 Å². The highest BCUT2D eigenvalue weighted by molar-refractivity contribution is 7.79. The first-order valence-electron chi connectivity index (χ1n) is 7.30. The third kappa shape index (κ3) is 7.14. The van der Waals surface area contributed by atoms with E-state index in [-0.39, 0.29) is 23.4 Å². The van der Waals surface area contributed by atoms with Gasteiger partial charge in [0.2, 0.25) is 0 Å². The van der Waals surface area contributed by atoms with Gasteiger partial charge >= 0.3 is 8.09 Å². The second-order valence-electron chi connectivity index (χ2n) is 5.64. The van der Waals surface area contributed by atoms with Crippen LogP contribution in [0.2, 0.25) is 0 Å². The van der Waals surface area contributed by atoms with Crippen molar-refractivity contribution in [2.75, 3.05) is 0 Å². The van der Waals surface area contributed by atoms with Crippen LogP contribution in [0.5, 0.6) is 0 Å². The molecule has 1 fully saturated rings. The largest absolute Gasteiger partial charge is 0.740 e. The first-order chi connectivity index (χ1) is 9.31. The molecule has 1 N–H and O–H groups in total. The SMILES string of the molecule is CC(C)O[P+]([O-])(NC([S-])=NC1CCCCC1)OC(C)C. The van der Waals surface area contributed by atoms with Crippen LogP contribution in [0, 0.1) is 0 Å². The van der Waals surface area contributed by atoms with E-state index < -0.39 is 8.09 Å².